The SMILES string of the molecule is O=C(O)COCC1CCN(S(=O)(=O)c2ccoc2)CC1. The summed E-state index contributed by atoms with van der Waals surface area (Å²) in [6.07, 6.45) is 3.88. The van der Waals surface area contributed by atoms with Gasteiger partial charge in [-0.05, 0) is 24.8 Å². The van der Waals surface area contributed by atoms with Gasteiger partial charge in [0.25, 0.3) is 0 Å². The van der Waals surface area contributed by atoms with Crippen LogP contribution in [0.5, 0.6) is 0 Å². The Morgan fingerprint density at radius 2 is 2.15 bits per heavy atom. The number of hydrogen-bond donors (Lipinski definition) is 1. The van der Waals surface area contributed by atoms with Gasteiger partial charge >= 0.3 is 5.97 Å². The number of ether oxygens (including phenoxy) is 1. The van der Waals surface area contributed by atoms with Gasteiger partial charge in [-0.2, -0.15) is 4.31 Å². The van der Waals surface area contributed by atoms with Crippen molar-refractivity contribution in [3.63, 3.8) is 0 Å². The van der Waals surface area contributed by atoms with E-state index in [1.807, 2.05) is 0 Å². The van der Waals surface area contributed by atoms with Crippen molar-refractivity contribution in [3.8, 4) is 0 Å². The highest BCUT2D eigenvalue weighted by Gasteiger charge is 2.30. The van der Waals surface area contributed by atoms with E-state index in [4.69, 9.17) is 14.3 Å². The van der Waals surface area contributed by atoms with E-state index >= 15 is 0 Å². The Morgan fingerprint density at radius 3 is 2.70 bits per heavy atom. The maximum Gasteiger partial charge on any atom is 0.329 e. The van der Waals surface area contributed by atoms with Gasteiger partial charge in [0.2, 0.25) is 10.0 Å². The van der Waals surface area contributed by atoms with Crippen LogP contribution in [-0.2, 0) is 19.6 Å². The van der Waals surface area contributed by atoms with Crippen molar-refractivity contribution >= 4 is 16.0 Å². The van der Waals surface area contributed by atoms with Crippen LogP contribution in [0.25, 0.3) is 0 Å². The molecular formula is C12H17NO6S. The molecule has 0 atom stereocenters. The first-order valence-corrected chi connectivity index (χ1v) is 7.76. The van der Waals surface area contributed by atoms with E-state index in [2.05, 4.69) is 0 Å². The topological polar surface area (TPSA) is 97.0 Å². The molecule has 1 N–H and O–H groups in total. The van der Waals surface area contributed by atoms with E-state index in [-0.39, 0.29) is 17.4 Å². The third kappa shape index (κ3) is 3.59. The monoisotopic (exact) mass is 303 g/mol. The molecule has 0 bridgehead atoms. The van der Waals surface area contributed by atoms with Crippen molar-refractivity contribution in [1.82, 2.24) is 4.31 Å². The van der Waals surface area contributed by atoms with Crippen molar-refractivity contribution in [2.45, 2.75) is 17.7 Å². The molecule has 1 fully saturated rings. The van der Waals surface area contributed by atoms with E-state index < -0.39 is 16.0 Å². The molecule has 0 unspecified atom stereocenters. The van der Waals surface area contributed by atoms with Gasteiger partial charge in [-0.25, -0.2) is 13.2 Å². The van der Waals surface area contributed by atoms with Gasteiger partial charge < -0.3 is 14.3 Å². The molecule has 8 heteroatoms. The van der Waals surface area contributed by atoms with Crippen LogP contribution < -0.4 is 0 Å². The van der Waals surface area contributed by atoms with E-state index in [0.29, 0.717) is 32.5 Å². The molecule has 1 aliphatic rings. The summed E-state index contributed by atoms with van der Waals surface area (Å²) in [6.45, 7) is 0.864. The third-order valence-electron chi connectivity index (χ3n) is 3.29. The minimum absolute atomic E-state index is 0.165. The Balaban J connectivity index is 1.84. The molecule has 0 amide bonds. The van der Waals surface area contributed by atoms with Crippen molar-refractivity contribution in [1.29, 1.82) is 0 Å². The molecule has 2 heterocycles. The van der Waals surface area contributed by atoms with Gasteiger partial charge in [-0.3, -0.25) is 0 Å². The quantitative estimate of drug-likeness (QED) is 0.834. The van der Waals surface area contributed by atoms with Crippen molar-refractivity contribution in [2.24, 2.45) is 5.92 Å². The third-order valence-corrected chi connectivity index (χ3v) is 5.16. The van der Waals surface area contributed by atoms with Crippen LogP contribution in [-0.4, -0.2) is 50.1 Å². The normalized spacial score (nSPS) is 18.2. The summed E-state index contributed by atoms with van der Waals surface area (Å²) in [5.74, 6) is -0.796. The Hall–Kier alpha value is -1.38. The van der Waals surface area contributed by atoms with Crippen LogP contribution in [0.2, 0.25) is 0 Å². The molecule has 1 aromatic rings. The maximum atomic E-state index is 12.2. The number of carboxylic acids is 1. The smallest absolute Gasteiger partial charge is 0.329 e. The molecule has 2 rings (SSSR count). The van der Waals surface area contributed by atoms with Gasteiger partial charge in [-0.15, -0.1) is 0 Å². The van der Waals surface area contributed by atoms with Crippen LogP contribution in [0, 0.1) is 5.92 Å². The fourth-order valence-corrected chi connectivity index (χ4v) is 3.57. The van der Waals surface area contributed by atoms with Crippen LogP contribution in [0.15, 0.2) is 27.9 Å². The van der Waals surface area contributed by atoms with Gasteiger partial charge in [0.1, 0.15) is 17.8 Å². The van der Waals surface area contributed by atoms with Crippen LogP contribution in [0.1, 0.15) is 12.8 Å². The molecule has 1 saturated heterocycles. The number of rotatable bonds is 6. The zero-order chi connectivity index (χ0) is 14.6. The number of piperidine rings is 1. The molecule has 0 saturated carbocycles. The standard InChI is InChI=1S/C12H17NO6S/c14-12(15)9-19-7-10-1-4-13(5-2-10)20(16,17)11-3-6-18-8-11/h3,6,8,10H,1-2,4-5,7,9H2,(H,14,15). The molecule has 0 aliphatic carbocycles. The van der Waals surface area contributed by atoms with Crippen LogP contribution >= 0.6 is 0 Å². The van der Waals surface area contributed by atoms with Crippen LogP contribution in [0.3, 0.4) is 0 Å². The maximum absolute atomic E-state index is 12.2. The highest BCUT2D eigenvalue weighted by Crippen LogP contribution is 2.24. The highest BCUT2D eigenvalue weighted by atomic mass is 32.2. The lowest BCUT2D eigenvalue weighted by molar-refractivity contribution is -0.142. The number of aliphatic carboxylic acids is 1. The largest absolute Gasteiger partial charge is 0.480 e. The summed E-state index contributed by atoms with van der Waals surface area (Å²) in [7, 11) is -3.47. The van der Waals surface area contributed by atoms with Gasteiger partial charge in [0.05, 0.1) is 12.9 Å². The Bertz CT molecular complexity index is 530. The number of carboxylic acid groups (broad SMARTS) is 1. The van der Waals surface area contributed by atoms with E-state index in [1.165, 1.54) is 22.9 Å². The molecule has 0 aromatic carbocycles. The predicted octanol–water partition coefficient (Wildman–Crippen LogP) is 0.781. The van der Waals surface area contributed by atoms with Crippen LogP contribution in [0.4, 0.5) is 0 Å². The fourth-order valence-electron chi connectivity index (χ4n) is 2.18. The van der Waals surface area contributed by atoms with Gasteiger partial charge in [0.15, 0.2) is 0 Å². The molecule has 0 radical (unpaired) electrons. The average Bonchev–Trinajstić information content (AvgIpc) is 2.93. The lowest BCUT2D eigenvalue weighted by atomic mass is 9.99. The first kappa shape index (κ1) is 15.0. The second kappa shape index (κ2) is 6.38. The summed E-state index contributed by atoms with van der Waals surface area (Å²) in [5, 5.41) is 8.48. The summed E-state index contributed by atoms with van der Waals surface area (Å²) in [5.41, 5.74) is 0. The minimum Gasteiger partial charge on any atom is -0.480 e. The average molecular weight is 303 g/mol. The number of sulfonamides is 1. The highest BCUT2D eigenvalue weighted by molar-refractivity contribution is 7.89. The predicted molar refractivity (Wildman–Crippen MR) is 68.6 cm³/mol. The van der Waals surface area contributed by atoms with E-state index in [1.54, 1.807) is 0 Å². The van der Waals surface area contributed by atoms with Gasteiger partial charge in [-0.1, -0.05) is 0 Å². The van der Waals surface area contributed by atoms with Gasteiger partial charge in [0, 0.05) is 13.1 Å². The first-order chi connectivity index (χ1) is 9.50. The van der Waals surface area contributed by atoms with E-state index in [0.717, 1.165) is 0 Å². The Kier molecular flexibility index (Phi) is 4.79. The molecule has 0 spiro atoms. The lowest BCUT2D eigenvalue weighted by Gasteiger charge is -2.30. The number of carbonyl (C=O) groups is 1. The van der Waals surface area contributed by atoms with Crippen molar-refractivity contribution < 1.29 is 27.5 Å². The minimum atomic E-state index is -3.47. The second-order valence-electron chi connectivity index (χ2n) is 4.72. The summed E-state index contributed by atoms with van der Waals surface area (Å²) in [6, 6.07) is 1.43. The number of nitrogens with zero attached hydrogens (tertiary/aromatic N) is 1. The number of furan rings is 1. The summed E-state index contributed by atoms with van der Waals surface area (Å²) in [4.78, 5) is 10.5. The van der Waals surface area contributed by atoms with E-state index in [9.17, 15) is 13.2 Å². The Labute approximate surface area is 117 Å². The van der Waals surface area contributed by atoms with Crippen molar-refractivity contribution in [2.75, 3.05) is 26.3 Å². The second-order valence-corrected chi connectivity index (χ2v) is 6.65. The molecule has 7 nitrogen and oxygen atoms in total. The van der Waals surface area contributed by atoms with Crippen molar-refractivity contribution in [3.05, 3.63) is 18.6 Å². The molecule has 20 heavy (non-hydrogen) atoms. The summed E-state index contributed by atoms with van der Waals surface area (Å²) < 4.78 is 35.7. The summed E-state index contributed by atoms with van der Waals surface area (Å²) >= 11 is 0. The molecule has 1 aromatic heterocycles. The number of hydrogen-bond acceptors (Lipinski definition) is 5. The molecule has 1 aliphatic heterocycles. The molecule has 112 valence electrons. The zero-order valence-corrected chi connectivity index (χ0v) is 11.7. The zero-order valence-electron chi connectivity index (χ0n) is 10.9. The lowest BCUT2D eigenvalue weighted by Crippen LogP contribution is -2.39. The molecular weight excluding hydrogens is 286 g/mol. The first-order valence-electron chi connectivity index (χ1n) is 6.32. The Morgan fingerprint density at radius 1 is 1.45 bits per heavy atom. The fraction of sp³-hybridized carbons (Fsp3) is 0.583.